The lowest BCUT2D eigenvalue weighted by atomic mass is 10.1. The normalized spacial score (nSPS) is 15.7. The third kappa shape index (κ3) is 4.05. The molecule has 0 saturated carbocycles. The van der Waals surface area contributed by atoms with E-state index in [1.54, 1.807) is 12.1 Å². The van der Waals surface area contributed by atoms with Crippen molar-refractivity contribution in [2.75, 3.05) is 37.6 Å². The molecule has 1 heterocycles. The monoisotopic (exact) mass is 348 g/mol. The molecular formula is C18H18Cl2N2O. The summed E-state index contributed by atoms with van der Waals surface area (Å²) in [4.78, 5) is 16.9. The minimum atomic E-state index is 0.0792. The van der Waals surface area contributed by atoms with Crippen LogP contribution in [0.2, 0.25) is 10.0 Å². The molecule has 0 aromatic heterocycles. The minimum absolute atomic E-state index is 0.0792. The molecule has 0 amide bonds. The first-order valence-corrected chi connectivity index (χ1v) is 8.40. The number of benzene rings is 2. The van der Waals surface area contributed by atoms with Gasteiger partial charge in [-0.1, -0.05) is 35.3 Å². The fraction of sp³-hybridized carbons (Fsp3) is 0.278. The number of anilines is 1. The molecule has 1 aliphatic rings. The average molecular weight is 349 g/mol. The average Bonchev–Trinajstić information content (AvgIpc) is 2.57. The molecule has 2 aromatic rings. The van der Waals surface area contributed by atoms with Gasteiger partial charge in [-0.2, -0.15) is 0 Å². The van der Waals surface area contributed by atoms with Crippen molar-refractivity contribution in [1.29, 1.82) is 0 Å². The maximum absolute atomic E-state index is 12.4. The van der Waals surface area contributed by atoms with Gasteiger partial charge in [-0.05, 0) is 36.4 Å². The van der Waals surface area contributed by atoms with Crippen LogP contribution < -0.4 is 4.90 Å². The summed E-state index contributed by atoms with van der Waals surface area (Å²) in [5.74, 6) is 0.0792. The minimum Gasteiger partial charge on any atom is -0.369 e. The number of carbonyl (C=O) groups excluding carboxylic acids is 1. The number of ketones is 1. The second kappa shape index (κ2) is 7.35. The third-order valence-electron chi connectivity index (χ3n) is 4.11. The van der Waals surface area contributed by atoms with E-state index in [2.05, 4.69) is 9.80 Å². The Hall–Kier alpha value is -1.55. The predicted octanol–water partition coefficient (Wildman–Crippen LogP) is 4.00. The Bertz CT molecular complexity index is 680. The van der Waals surface area contributed by atoms with Crippen molar-refractivity contribution >= 4 is 34.7 Å². The number of halogens is 2. The quantitative estimate of drug-likeness (QED) is 0.780. The number of hydrogen-bond donors (Lipinski definition) is 0. The van der Waals surface area contributed by atoms with Crippen molar-refractivity contribution in [3.63, 3.8) is 0 Å². The van der Waals surface area contributed by atoms with Gasteiger partial charge in [-0.3, -0.25) is 9.69 Å². The zero-order chi connectivity index (χ0) is 16.2. The first-order valence-electron chi connectivity index (χ1n) is 7.64. The highest BCUT2D eigenvalue weighted by atomic mass is 35.5. The Morgan fingerprint density at radius 1 is 0.913 bits per heavy atom. The van der Waals surface area contributed by atoms with Gasteiger partial charge in [0.05, 0.1) is 11.6 Å². The largest absolute Gasteiger partial charge is 0.369 e. The summed E-state index contributed by atoms with van der Waals surface area (Å²) in [6.07, 6.45) is 0. The zero-order valence-corrected chi connectivity index (χ0v) is 14.2. The number of rotatable bonds is 4. The lowest BCUT2D eigenvalue weighted by Crippen LogP contribution is -2.48. The van der Waals surface area contributed by atoms with Crippen molar-refractivity contribution in [2.24, 2.45) is 0 Å². The number of hydrogen-bond acceptors (Lipinski definition) is 3. The molecule has 2 aromatic carbocycles. The smallest absolute Gasteiger partial charge is 0.178 e. The van der Waals surface area contributed by atoms with E-state index in [1.807, 2.05) is 36.4 Å². The van der Waals surface area contributed by atoms with Crippen molar-refractivity contribution in [1.82, 2.24) is 4.90 Å². The van der Waals surface area contributed by atoms with E-state index in [0.717, 1.165) is 31.2 Å². The molecule has 0 unspecified atom stereocenters. The fourth-order valence-corrected chi connectivity index (χ4v) is 3.16. The van der Waals surface area contributed by atoms with Crippen LogP contribution in [0.4, 0.5) is 5.69 Å². The first-order chi connectivity index (χ1) is 11.1. The van der Waals surface area contributed by atoms with Crippen molar-refractivity contribution in [2.45, 2.75) is 0 Å². The molecule has 0 radical (unpaired) electrons. The summed E-state index contributed by atoms with van der Waals surface area (Å²) in [7, 11) is 0. The van der Waals surface area contributed by atoms with Gasteiger partial charge < -0.3 is 4.90 Å². The Kier molecular flexibility index (Phi) is 5.21. The number of Topliss-reactive ketones (excluding diaryl/α,β-unsaturated/α-hetero) is 1. The van der Waals surface area contributed by atoms with Gasteiger partial charge in [0.1, 0.15) is 0 Å². The molecule has 0 N–H and O–H groups in total. The van der Waals surface area contributed by atoms with Crippen molar-refractivity contribution in [3.05, 3.63) is 64.1 Å². The van der Waals surface area contributed by atoms with Gasteiger partial charge in [-0.25, -0.2) is 0 Å². The standard InChI is InChI=1S/C18H18Cl2N2O/c19-14-5-7-15(8-6-14)22-11-9-21(10-12-22)13-18(23)16-3-1-2-4-17(16)20/h1-8H,9-13H2. The van der Waals surface area contributed by atoms with E-state index in [0.29, 0.717) is 17.1 Å². The van der Waals surface area contributed by atoms with E-state index in [-0.39, 0.29) is 5.78 Å². The molecule has 0 bridgehead atoms. The van der Waals surface area contributed by atoms with E-state index < -0.39 is 0 Å². The maximum Gasteiger partial charge on any atom is 0.178 e. The van der Waals surface area contributed by atoms with Crippen LogP contribution in [0.3, 0.4) is 0 Å². The van der Waals surface area contributed by atoms with Crippen LogP contribution in [-0.2, 0) is 0 Å². The van der Waals surface area contributed by atoms with E-state index >= 15 is 0 Å². The zero-order valence-electron chi connectivity index (χ0n) is 12.7. The van der Waals surface area contributed by atoms with Crippen LogP contribution >= 0.6 is 23.2 Å². The molecule has 5 heteroatoms. The van der Waals surface area contributed by atoms with Gasteiger partial charge in [0.15, 0.2) is 5.78 Å². The second-order valence-electron chi connectivity index (χ2n) is 5.64. The Balaban J connectivity index is 1.56. The van der Waals surface area contributed by atoms with Crippen LogP contribution in [0.1, 0.15) is 10.4 Å². The molecule has 0 spiro atoms. The molecular weight excluding hydrogens is 331 g/mol. The van der Waals surface area contributed by atoms with Crippen LogP contribution in [0.15, 0.2) is 48.5 Å². The molecule has 23 heavy (non-hydrogen) atoms. The summed E-state index contributed by atoms with van der Waals surface area (Å²) in [6, 6.07) is 15.1. The highest BCUT2D eigenvalue weighted by molar-refractivity contribution is 6.34. The molecule has 120 valence electrons. The lowest BCUT2D eigenvalue weighted by molar-refractivity contribution is 0.0926. The number of nitrogens with zero attached hydrogens (tertiary/aromatic N) is 2. The van der Waals surface area contributed by atoms with Crippen LogP contribution in [0.25, 0.3) is 0 Å². The van der Waals surface area contributed by atoms with E-state index in [9.17, 15) is 4.79 Å². The first kappa shape index (κ1) is 16.3. The number of piperazine rings is 1. The second-order valence-corrected chi connectivity index (χ2v) is 6.49. The molecule has 0 atom stereocenters. The van der Waals surface area contributed by atoms with Crippen LogP contribution in [-0.4, -0.2) is 43.4 Å². The summed E-state index contributed by atoms with van der Waals surface area (Å²) in [6.45, 7) is 3.94. The van der Waals surface area contributed by atoms with Crippen LogP contribution in [0, 0.1) is 0 Å². The third-order valence-corrected chi connectivity index (χ3v) is 4.69. The van der Waals surface area contributed by atoms with Gasteiger partial charge >= 0.3 is 0 Å². The van der Waals surface area contributed by atoms with Gasteiger partial charge in [0, 0.05) is 42.5 Å². The van der Waals surface area contributed by atoms with E-state index in [4.69, 9.17) is 23.2 Å². The van der Waals surface area contributed by atoms with Gasteiger partial charge in [-0.15, -0.1) is 0 Å². The summed E-state index contributed by atoms with van der Waals surface area (Å²) in [5.41, 5.74) is 1.78. The molecule has 1 saturated heterocycles. The summed E-state index contributed by atoms with van der Waals surface area (Å²) < 4.78 is 0. The molecule has 0 aliphatic carbocycles. The summed E-state index contributed by atoms with van der Waals surface area (Å²) in [5, 5.41) is 1.27. The van der Waals surface area contributed by atoms with Gasteiger partial charge in [0.2, 0.25) is 0 Å². The predicted molar refractivity (Wildman–Crippen MR) is 95.9 cm³/mol. The topological polar surface area (TPSA) is 23.6 Å². The lowest BCUT2D eigenvalue weighted by Gasteiger charge is -2.35. The van der Waals surface area contributed by atoms with Crippen molar-refractivity contribution < 1.29 is 4.79 Å². The van der Waals surface area contributed by atoms with E-state index in [1.165, 1.54) is 5.69 Å². The number of carbonyl (C=O) groups is 1. The Morgan fingerprint density at radius 2 is 1.57 bits per heavy atom. The SMILES string of the molecule is O=C(CN1CCN(c2ccc(Cl)cc2)CC1)c1ccccc1Cl. The molecule has 1 fully saturated rings. The molecule has 3 rings (SSSR count). The molecule has 3 nitrogen and oxygen atoms in total. The highest BCUT2D eigenvalue weighted by Crippen LogP contribution is 2.20. The highest BCUT2D eigenvalue weighted by Gasteiger charge is 2.20. The maximum atomic E-state index is 12.4. The fourth-order valence-electron chi connectivity index (χ4n) is 2.79. The summed E-state index contributed by atoms with van der Waals surface area (Å²) >= 11 is 12.0. The van der Waals surface area contributed by atoms with Crippen LogP contribution in [0.5, 0.6) is 0 Å². The Morgan fingerprint density at radius 3 is 2.22 bits per heavy atom. The Labute approximate surface area is 146 Å². The van der Waals surface area contributed by atoms with Crippen molar-refractivity contribution in [3.8, 4) is 0 Å². The molecule has 1 aliphatic heterocycles. The van der Waals surface area contributed by atoms with Gasteiger partial charge in [0.25, 0.3) is 0 Å².